The lowest BCUT2D eigenvalue weighted by atomic mass is 10.1. The highest BCUT2D eigenvalue weighted by atomic mass is 15.2. The third kappa shape index (κ3) is 4.81. The first-order valence-electron chi connectivity index (χ1n) is 5.27. The summed E-state index contributed by atoms with van der Waals surface area (Å²) in [5.41, 5.74) is 2.38. The van der Waals surface area contributed by atoms with Gasteiger partial charge in [0.1, 0.15) is 0 Å². The third-order valence-corrected chi connectivity index (χ3v) is 2.16. The Hall–Kier alpha value is -0.660. The molecule has 76 valence electrons. The smallest absolute Gasteiger partial charge is 0.0428 e. The van der Waals surface area contributed by atoms with E-state index >= 15 is 0 Å². The summed E-state index contributed by atoms with van der Waals surface area (Å²) in [6.45, 7) is 10.7. The van der Waals surface area contributed by atoms with E-state index in [0.29, 0.717) is 5.92 Å². The molecule has 0 fully saturated rings. The molecule has 0 radical (unpaired) electrons. The van der Waals surface area contributed by atoms with Crippen LogP contribution in [0.2, 0.25) is 0 Å². The fourth-order valence-corrected chi connectivity index (χ4v) is 1.12. The molecule has 0 atom stereocenters. The molecule has 13 heavy (non-hydrogen) atoms. The minimum absolute atomic E-state index is 0.517. The van der Waals surface area contributed by atoms with Gasteiger partial charge in [-0.15, -0.1) is 0 Å². The van der Waals surface area contributed by atoms with Crippen LogP contribution in [0.25, 0.3) is 0 Å². The number of hydrogen-bond acceptors (Lipinski definition) is 2. The second-order valence-corrected chi connectivity index (χ2v) is 3.47. The monoisotopic (exact) mass is 182 g/mol. The van der Waals surface area contributed by atoms with Crippen molar-refractivity contribution < 1.29 is 0 Å². The average molecular weight is 182 g/mol. The average Bonchev–Trinajstić information content (AvgIpc) is 2.12. The van der Waals surface area contributed by atoms with E-state index in [4.69, 9.17) is 0 Å². The Morgan fingerprint density at radius 1 is 0.923 bits per heavy atom. The van der Waals surface area contributed by atoms with Crippen molar-refractivity contribution in [3.8, 4) is 0 Å². The standard InChI is InChI=1S/C11H22N2/c1-6-10(7-2)12-13-11(8-3)9(4)5/h9H,6-8H2,1-5H3/b13-11+. The van der Waals surface area contributed by atoms with Gasteiger partial charge < -0.3 is 0 Å². The summed E-state index contributed by atoms with van der Waals surface area (Å²) in [6, 6.07) is 0. The van der Waals surface area contributed by atoms with Crippen molar-refractivity contribution >= 4 is 11.4 Å². The maximum Gasteiger partial charge on any atom is 0.0428 e. The highest BCUT2D eigenvalue weighted by molar-refractivity contribution is 5.88. The largest absolute Gasteiger partial charge is 0.160 e. The first-order valence-corrected chi connectivity index (χ1v) is 5.27. The SMILES string of the molecule is CCC(CC)=N/N=C(\CC)C(C)C. The van der Waals surface area contributed by atoms with Gasteiger partial charge in [-0.05, 0) is 25.2 Å². The van der Waals surface area contributed by atoms with Crippen LogP contribution in [0.3, 0.4) is 0 Å². The van der Waals surface area contributed by atoms with E-state index in [-0.39, 0.29) is 0 Å². The predicted molar refractivity (Wildman–Crippen MR) is 60.6 cm³/mol. The Morgan fingerprint density at radius 2 is 1.46 bits per heavy atom. The molecule has 0 saturated heterocycles. The zero-order valence-electron chi connectivity index (χ0n) is 9.59. The normalized spacial score (nSPS) is 12.0. The Balaban J connectivity index is 4.42. The highest BCUT2D eigenvalue weighted by Crippen LogP contribution is 2.03. The van der Waals surface area contributed by atoms with Gasteiger partial charge in [0.2, 0.25) is 0 Å². The molecule has 0 aliphatic carbocycles. The molecule has 2 nitrogen and oxygen atoms in total. The predicted octanol–water partition coefficient (Wildman–Crippen LogP) is 3.67. The molecular weight excluding hydrogens is 160 g/mol. The second-order valence-electron chi connectivity index (χ2n) is 3.47. The molecule has 0 aromatic carbocycles. The summed E-state index contributed by atoms with van der Waals surface area (Å²) in [5, 5.41) is 8.55. The highest BCUT2D eigenvalue weighted by Gasteiger charge is 2.01. The molecule has 0 aliphatic rings. The van der Waals surface area contributed by atoms with E-state index in [1.165, 1.54) is 11.4 Å². The topological polar surface area (TPSA) is 24.7 Å². The van der Waals surface area contributed by atoms with Gasteiger partial charge in [-0.2, -0.15) is 10.2 Å². The van der Waals surface area contributed by atoms with Crippen LogP contribution in [-0.4, -0.2) is 11.4 Å². The Kier molecular flexibility index (Phi) is 6.47. The van der Waals surface area contributed by atoms with Gasteiger partial charge in [-0.3, -0.25) is 0 Å². The zero-order valence-corrected chi connectivity index (χ0v) is 9.59. The van der Waals surface area contributed by atoms with Gasteiger partial charge in [-0.1, -0.05) is 34.6 Å². The molecule has 0 amide bonds. The quantitative estimate of drug-likeness (QED) is 0.458. The van der Waals surface area contributed by atoms with Crippen LogP contribution >= 0.6 is 0 Å². The van der Waals surface area contributed by atoms with Crippen molar-refractivity contribution in [2.45, 2.75) is 53.9 Å². The van der Waals surface area contributed by atoms with E-state index in [9.17, 15) is 0 Å². The van der Waals surface area contributed by atoms with Crippen LogP contribution in [0.5, 0.6) is 0 Å². The molecule has 0 aromatic rings. The Labute approximate surface area is 82.1 Å². The van der Waals surface area contributed by atoms with Crippen molar-refractivity contribution in [3.63, 3.8) is 0 Å². The molecule has 2 heteroatoms. The lowest BCUT2D eigenvalue weighted by Crippen LogP contribution is -2.05. The van der Waals surface area contributed by atoms with Crippen LogP contribution in [-0.2, 0) is 0 Å². The van der Waals surface area contributed by atoms with E-state index in [2.05, 4.69) is 44.8 Å². The first-order chi connectivity index (χ1) is 6.15. The van der Waals surface area contributed by atoms with Gasteiger partial charge in [-0.25, -0.2) is 0 Å². The summed E-state index contributed by atoms with van der Waals surface area (Å²) < 4.78 is 0. The fraction of sp³-hybridized carbons (Fsp3) is 0.818. The molecule has 0 N–H and O–H groups in total. The van der Waals surface area contributed by atoms with E-state index in [0.717, 1.165) is 19.3 Å². The maximum absolute atomic E-state index is 4.29. The minimum Gasteiger partial charge on any atom is -0.160 e. The zero-order chi connectivity index (χ0) is 10.3. The number of rotatable bonds is 5. The summed E-state index contributed by atoms with van der Waals surface area (Å²) in [6.07, 6.45) is 3.02. The summed E-state index contributed by atoms with van der Waals surface area (Å²) in [4.78, 5) is 0. The van der Waals surface area contributed by atoms with Gasteiger partial charge >= 0.3 is 0 Å². The molecule has 0 aromatic heterocycles. The van der Waals surface area contributed by atoms with Crippen molar-refractivity contribution in [1.82, 2.24) is 0 Å². The van der Waals surface area contributed by atoms with Crippen molar-refractivity contribution in [1.29, 1.82) is 0 Å². The summed E-state index contributed by atoms with van der Waals surface area (Å²) in [7, 11) is 0. The van der Waals surface area contributed by atoms with Crippen LogP contribution in [0.1, 0.15) is 53.9 Å². The molecule has 0 saturated carbocycles. The van der Waals surface area contributed by atoms with Crippen LogP contribution in [0.4, 0.5) is 0 Å². The summed E-state index contributed by atoms with van der Waals surface area (Å²) >= 11 is 0. The maximum atomic E-state index is 4.29. The van der Waals surface area contributed by atoms with E-state index in [1.807, 2.05) is 0 Å². The Morgan fingerprint density at radius 3 is 1.77 bits per heavy atom. The third-order valence-electron chi connectivity index (χ3n) is 2.16. The molecule has 0 spiro atoms. The summed E-state index contributed by atoms with van der Waals surface area (Å²) in [5.74, 6) is 0.517. The van der Waals surface area contributed by atoms with Crippen LogP contribution in [0.15, 0.2) is 10.2 Å². The van der Waals surface area contributed by atoms with E-state index in [1.54, 1.807) is 0 Å². The van der Waals surface area contributed by atoms with Crippen molar-refractivity contribution in [2.24, 2.45) is 16.1 Å². The van der Waals surface area contributed by atoms with Gasteiger partial charge in [0, 0.05) is 11.4 Å². The minimum atomic E-state index is 0.517. The van der Waals surface area contributed by atoms with E-state index < -0.39 is 0 Å². The first kappa shape index (κ1) is 12.3. The fourth-order valence-electron chi connectivity index (χ4n) is 1.12. The Bertz CT molecular complexity index is 184. The lowest BCUT2D eigenvalue weighted by molar-refractivity contribution is 0.846. The van der Waals surface area contributed by atoms with Crippen LogP contribution < -0.4 is 0 Å². The molecule has 0 bridgehead atoms. The molecule has 0 unspecified atom stereocenters. The molecule has 0 heterocycles. The lowest BCUT2D eigenvalue weighted by Gasteiger charge is -2.04. The molecule has 0 aliphatic heterocycles. The van der Waals surface area contributed by atoms with Gasteiger partial charge in [0.25, 0.3) is 0 Å². The second kappa shape index (κ2) is 6.81. The van der Waals surface area contributed by atoms with Crippen molar-refractivity contribution in [3.05, 3.63) is 0 Å². The van der Waals surface area contributed by atoms with Crippen molar-refractivity contribution in [2.75, 3.05) is 0 Å². The molecular formula is C11H22N2. The van der Waals surface area contributed by atoms with Gasteiger partial charge in [0.05, 0.1) is 0 Å². The number of nitrogens with zero attached hydrogens (tertiary/aromatic N) is 2. The van der Waals surface area contributed by atoms with Crippen LogP contribution in [0, 0.1) is 5.92 Å². The molecule has 0 rings (SSSR count). The number of hydrogen-bond donors (Lipinski definition) is 0. The van der Waals surface area contributed by atoms with Gasteiger partial charge in [0.15, 0.2) is 0 Å².